The molecule has 5 rings (SSSR count). The summed E-state index contributed by atoms with van der Waals surface area (Å²) in [5.74, 6) is -3.39. The fourth-order valence-electron chi connectivity index (χ4n) is 7.69. The molecular formula is C24H26F2N2O5S2. The Morgan fingerprint density at radius 2 is 2.00 bits per heavy atom. The van der Waals surface area contributed by atoms with E-state index >= 15 is 8.78 Å². The van der Waals surface area contributed by atoms with Crippen molar-refractivity contribution in [2.75, 3.05) is 0 Å². The number of rotatable bonds is 3. The number of hydrogen-bond donors (Lipinski definition) is 2. The van der Waals surface area contributed by atoms with E-state index < -0.39 is 69.0 Å². The predicted molar refractivity (Wildman–Crippen MR) is 125 cm³/mol. The molecule has 0 spiro atoms. The van der Waals surface area contributed by atoms with Crippen LogP contribution < -0.4 is 0 Å². The van der Waals surface area contributed by atoms with Gasteiger partial charge in [0.1, 0.15) is 6.17 Å². The summed E-state index contributed by atoms with van der Waals surface area (Å²) >= 11 is 4.93. The number of esters is 1. The number of alkyl halides is 2. The van der Waals surface area contributed by atoms with E-state index in [1.54, 1.807) is 13.8 Å². The molecule has 1 N–H and O–H groups in total. The molecule has 1 aromatic rings. The molecule has 7 nitrogen and oxygen atoms in total. The molecule has 0 aliphatic heterocycles. The number of carbonyl (C=O) groups is 3. The minimum atomic E-state index is -2.29. The van der Waals surface area contributed by atoms with Gasteiger partial charge in [0.25, 0.3) is 0 Å². The van der Waals surface area contributed by atoms with Gasteiger partial charge in [0.15, 0.2) is 21.9 Å². The summed E-state index contributed by atoms with van der Waals surface area (Å²) in [7, 11) is 0. The molecule has 188 valence electrons. The summed E-state index contributed by atoms with van der Waals surface area (Å²) in [4.78, 5) is 38.2. The number of halogens is 2. The smallest absolute Gasteiger partial charge is 0.352 e. The number of nitrogens with zero attached hydrogens (tertiary/aromatic N) is 2. The normalized spacial score (nSPS) is 46.3. The summed E-state index contributed by atoms with van der Waals surface area (Å²) in [6, 6.07) is 0. The quantitative estimate of drug-likeness (QED) is 0.461. The maximum absolute atomic E-state index is 17.3. The van der Waals surface area contributed by atoms with Gasteiger partial charge in [0.2, 0.25) is 5.12 Å². The lowest BCUT2D eigenvalue weighted by molar-refractivity contribution is -0.221. The lowest BCUT2D eigenvalue weighted by Crippen LogP contribution is -2.70. The van der Waals surface area contributed by atoms with Crippen molar-refractivity contribution in [3.8, 4) is 0 Å². The van der Waals surface area contributed by atoms with Gasteiger partial charge in [-0.15, -0.1) is 17.7 Å². The molecule has 0 amide bonds. The molecule has 0 radical (unpaired) electrons. The Labute approximate surface area is 210 Å². The standard InChI is InChI=1S/C24H26F2N2O5S2/c1-11-6-13-14-8-16(25)15-7-12(29)4-5-21(15,2)23(14,26)18(30)9-22(13,3)24(11,20(32)34)33-19(31)17-10-27-28-35-17/h4-5,7,10-11,13-14,16,18,30H,6,8-9H2,1-3H3,(H,32,34)/t11?,13-,14-,16?,18?,21-,22-,23?,24?/m0/s1. The maximum Gasteiger partial charge on any atom is 0.352 e. The van der Waals surface area contributed by atoms with E-state index in [-0.39, 0.29) is 29.7 Å². The molecule has 0 aromatic carbocycles. The van der Waals surface area contributed by atoms with Crippen LogP contribution in [0.3, 0.4) is 0 Å². The Morgan fingerprint density at radius 1 is 1.29 bits per heavy atom. The number of thiol groups is 1. The van der Waals surface area contributed by atoms with Crippen LogP contribution in [0.5, 0.6) is 0 Å². The Kier molecular flexibility index (Phi) is 5.48. The van der Waals surface area contributed by atoms with Crippen LogP contribution in [0.4, 0.5) is 8.78 Å². The van der Waals surface area contributed by atoms with Gasteiger partial charge in [-0.05, 0) is 61.4 Å². The Morgan fingerprint density at radius 3 is 2.63 bits per heavy atom. The highest BCUT2D eigenvalue weighted by Crippen LogP contribution is 2.71. The molecule has 35 heavy (non-hydrogen) atoms. The van der Waals surface area contributed by atoms with Crippen molar-refractivity contribution < 1.29 is 33.0 Å². The Hall–Kier alpha value is -1.98. The maximum atomic E-state index is 17.3. The van der Waals surface area contributed by atoms with Crippen molar-refractivity contribution in [2.45, 2.75) is 63.6 Å². The van der Waals surface area contributed by atoms with E-state index in [0.717, 1.165) is 17.6 Å². The van der Waals surface area contributed by atoms with Gasteiger partial charge in [-0.1, -0.05) is 24.4 Å². The number of aliphatic hydroxyl groups is 1. The minimum absolute atomic E-state index is 0.0260. The molecule has 4 aliphatic rings. The van der Waals surface area contributed by atoms with Gasteiger partial charge >= 0.3 is 5.97 Å². The van der Waals surface area contributed by atoms with Gasteiger partial charge < -0.3 is 9.84 Å². The molecular weight excluding hydrogens is 498 g/mol. The van der Waals surface area contributed by atoms with Crippen LogP contribution in [-0.2, 0) is 14.3 Å². The number of fused-ring (bicyclic) bond motifs is 5. The van der Waals surface area contributed by atoms with Crippen molar-refractivity contribution in [1.82, 2.24) is 9.59 Å². The summed E-state index contributed by atoms with van der Waals surface area (Å²) in [6.45, 7) is 4.93. The first kappa shape index (κ1) is 24.7. The molecule has 1 aromatic heterocycles. The summed E-state index contributed by atoms with van der Waals surface area (Å²) in [5.41, 5.74) is -6.79. The van der Waals surface area contributed by atoms with E-state index in [9.17, 15) is 19.5 Å². The molecule has 0 saturated heterocycles. The van der Waals surface area contributed by atoms with Gasteiger partial charge in [-0.3, -0.25) is 9.59 Å². The molecule has 9 atom stereocenters. The highest BCUT2D eigenvalue weighted by Gasteiger charge is 2.78. The fraction of sp³-hybridized carbons (Fsp3) is 0.625. The summed E-state index contributed by atoms with van der Waals surface area (Å²) in [6.07, 6.45) is 1.52. The van der Waals surface area contributed by atoms with Gasteiger partial charge in [0.05, 0.1) is 12.3 Å². The van der Waals surface area contributed by atoms with Gasteiger partial charge in [-0.25, -0.2) is 13.6 Å². The van der Waals surface area contributed by atoms with Crippen molar-refractivity contribution in [1.29, 1.82) is 0 Å². The Balaban J connectivity index is 1.62. The number of allylic oxidation sites excluding steroid dienone is 4. The highest BCUT2D eigenvalue weighted by molar-refractivity contribution is 7.96. The van der Waals surface area contributed by atoms with Crippen molar-refractivity contribution in [3.63, 3.8) is 0 Å². The van der Waals surface area contributed by atoms with Crippen LogP contribution in [0.1, 0.15) is 49.7 Å². The first-order valence-corrected chi connectivity index (χ1v) is 12.8. The molecule has 11 heteroatoms. The third kappa shape index (κ3) is 2.94. The molecule has 1 heterocycles. The zero-order valence-electron chi connectivity index (χ0n) is 19.4. The van der Waals surface area contributed by atoms with Crippen LogP contribution in [-0.4, -0.2) is 55.1 Å². The van der Waals surface area contributed by atoms with Crippen molar-refractivity contribution in [3.05, 3.63) is 34.9 Å². The van der Waals surface area contributed by atoms with E-state index in [1.807, 2.05) is 0 Å². The number of aromatic nitrogens is 2. The average Bonchev–Trinajstić information content (AvgIpc) is 3.39. The molecule has 5 unspecified atom stereocenters. The lowest BCUT2D eigenvalue weighted by Gasteiger charge is -2.63. The third-order valence-corrected chi connectivity index (χ3v) is 10.3. The summed E-state index contributed by atoms with van der Waals surface area (Å²) < 4.78 is 42.4. The zero-order valence-corrected chi connectivity index (χ0v) is 21.1. The monoisotopic (exact) mass is 524 g/mol. The van der Waals surface area contributed by atoms with Crippen LogP contribution in [0.15, 0.2) is 30.0 Å². The van der Waals surface area contributed by atoms with E-state index in [4.69, 9.17) is 4.74 Å². The number of hydrogen-bond acceptors (Lipinski definition) is 8. The van der Waals surface area contributed by atoms with E-state index in [2.05, 4.69) is 22.2 Å². The molecule has 3 saturated carbocycles. The van der Waals surface area contributed by atoms with Crippen LogP contribution in [0, 0.1) is 28.6 Å². The Bertz CT molecular complexity index is 1170. The number of aliphatic hydroxyl groups excluding tert-OH is 1. The largest absolute Gasteiger partial charge is 0.445 e. The second kappa shape index (κ2) is 7.76. The van der Waals surface area contributed by atoms with E-state index in [0.29, 0.717) is 0 Å². The third-order valence-electron chi connectivity index (χ3n) is 9.30. The number of ether oxygens (including phenoxy) is 1. The molecule has 4 aliphatic carbocycles. The second-order valence-corrected chi connectivity index (χ2v) is 11.9. The molecule has 0 bridgehead atoms. The first-order chi connectivity index (χ1) is 16.3. The SMILES string of the molecule is CC1C[C@H]2[C@@H]3CC(F)C4=CC(=O)C=C[C@]4(C)C3(F)C(O)C[C@]2(C)C1(OC(=O)c1cnns1)C(=O)S. The number of ketones is 1. The first-order valence-electron chi connectivity index (χ1n) is 11.5. The van der Waals surface area contributed by atoms with E-state index in [1.165, 1.54) is 25.3 Å². The van der Waals surface area contributed by atoms with Crippen LogP contribution >= 0.6 is 24.2 Å². The van der Waals surface area contributed by atoms with Gasteiger partial charge in [0, 0.05) is 22.7 Å². The summed E-state index contributed by atoms with van der Waals surface area (Å²) in [5, 5.41) is 14.3. The number of carbonyl (C=O) groups excluding carboxylic acids is 3. The molecule has 3 fully saturated rings. The predicted octanol–water partition coefficient (Wildman–Crippen LogP) is 3.45. The minimum Gasteiger partial charge on any atom is -0.445 e. The second-order valence-electron chi connectivity index (χ2n) is 10.7. The van der Waals surface area contributed by atoms with Crippen LogP contribution in [0.2, 0.25) is 0 Å². The average molecular weight is 525 g/mol. The van der Waals surface area contributed by atoms with Crippen molar-refractivity contribution >= 4 is 41.0 Å². The van der Waals surface area contributed by atoms with Crippen LogP contribution in [0.25, 0.3) is 0 Å². The topological polar surface area (TPSA) is 106 Å². The lowest BCUT2D eigenvalue weighted by atomic mass is 9.44. The zero-order chi connectivity index (χ0) is 25.6. The fourth-order valence-corrected chi connectivity index (χ4v) is 8.61. The highest BCUT2D eigenvalue weighted by atomic mass is 32.1. The van der Waals surface area contributed by atoms with Crippen molar-refractivity contribution in [2.24, 2.45) is 28.6 Å². The van der Waals surface area contributed by atoms with Gasteiger partial charge in [-0.2, -0.15) is 0 Å².